The molecule has 32 heavy (non-hydrogen) atoms. The first kappa shape index (κ1) is 21.8. The number of alkyl carbamates (subject to hydrolysis) is 1. The Labute approximate surface area is 185 Å². The molecule has 0 aliphatic heterocycles. The van der Waals surface area contributed by atoms with Gasteiger partial charge in [0.15, 0.2) is 6.61 Å². The lowest BCUT2D eigenvalue weighted by Crippen LogP contribution is -2.38. The second kappa shape index (κ2) is 9.82. The molecule has 8 nitrogen and oxygen atoms in total. The van der Waals surface area contributed by atoms with Gasteiger partial charge >= 0.3 is 12.1 Å². The molecule has 1 saturated carbocycles. The molecule has 0 heterocycles. The Morgan fingerprint density at radius 3 is 2.19 bits per heavy atom. The van der Waals surface area contributed by atoms with Crippen LogP contribution in [0.3, 0.4) is 0 Å². The Morgan fingerprint density at radius 1 is 0.938 bits per heavy atom. The van der Waals surface area contributed by atoms with Crippen molar-refractivity contribution in [3.8, 4) is 11.1 Å². The van der Waals surface area contributed by atoms with E-state index in [-0.39, 0.29) is 30.8 Å². The van der Waals surface area contributed by atoms with Crippen LogP contribution in [0.2, 0.25) is 0 Å². The maximum Gasteiger partial charge on any atom is 0.407 e. The molecule has 0 aromatic heterocycles. The third-order valence-electron chi connectivity index (χ3n) is 6.07. The Morgan fingerprint density at radius 2 is 1.56 bits per heavy atom. The maximum absolute atomic E-state index is 12.2. The average molecular weight is 438 g/mol. The summed E-state index contributed by atoms with van der Waals surface area (Å²) in [4.78, 5) is 38.8. The third-order valence-corrected chi connectivity index (χ3v) is 6.07. The lowest BCUT2D eigenvalue weighted by molar-refractivity contribution is -0.149. The number of carbonyl (C=O) groups excluding carboxylic acids is 2. The fourth-order valence-corrected chi connectivity index (χ4v) is 4.57. The fraction of sp³-hybridized carbons (Fsp3) is 0.375. The fourth-order valence-electron chi connectivity index (χ4n) is 4.57. The predicted molar refractivity (Wildman–Crippen MR) is 116 cm³/mol. The van der Waals surface area contributed by atoms with Crippen LogP contribution in [0.4, 0.5) is 4.79 Å². The van der Waals surface area contributed by atoms with E-state index in [1.165, 1.54) is 22.3 Å². The van der Waals surface area contributed by atoms with Gasteiger partial charge < -0.3 is 15.2 Å². The minimum atomic E-state index is -1.15. The van der Waals surface area contributed by atoms with E-state index in [2.05, 4.69) is 39.9 Å². The Balaban J connectivity index is 1.17. The molecule has 2 aliphatic carbocycles. The summed E-state index contributed by atoms with van der Waals surface area (Å²) < 4.78 is 5.54. The Kier molecular flexibility index (Phi) is 6.70. The number of hydroxylamine groups is 1. The number of rotatable bonds is 9. The summed E-state index contributed by atoms with van der Waals surface area (Å²) in [5, 5.41) is 11.3. The van der Waals surface area contributed by atoms with Gasteiger partial charge in [-0.1, -0.05) is 48.5 Å². The van der Waals surface area contributed by atoms with Gasteiger partial charge in [0.2, 0.25) is 5.91 Å². The zero-order chi connectivity index (χ0) is 22.5. The normalized spacial score (nSPS) is 18.8. The molecule has 2 aromatic rings. The van der Waals surface area contributed by atoms with Crippen molar-refractivity contribution >= 4 is 18.0 Å². The monoisotopic (exact) mass is 438 g/mol. The van der Waals surface area contributed by atoms with E-state index in [1.807, 2.05) is 24.3 Å². The number of ether oxygens (including phenoxy) is 1. The topological polar surface area (TPSA) is 114 Å². The highest BCUT2D eigenvalue weighted by Crippen LogP contribution is 2.44. The van der Waals surface area contributed by atoms with Crippen LogP contribution in [0.15, 0.2) is 48.5 Å². The van der Waals surface area contributed by atoms with Gasteiger partial charge in [-0.3, -0.25) is 9.63 Å². The molecule has 0 saturated heterocycles. The molecule has 0 atom stereocenters. The highest BCUT2D eigenvalue weighted by molar-refractivity contribution is 5.79. The molecule has 2 aliphatic rings. The van der Waals surface area contributed by atoms with Crippen molar-refractivity contribution in [2.75, 3.05) is 19.8 Å². The van der Waals surface area contributed by atoms with Crippen LogP contribution in [0.1, 0.15) is 36.3 Å². The van der Waals surface area contributed by atoms with Gasteiger partial charge in [-0.15, -0.1) is 0 Å². The molecule has 2 aromatic carbocycles. The van der Waals surface area contributed by atoms with Crippen LogP contribution in [-0.2, 0) is 19.2 Å². The van der Waals surface area contributed by atoms with Crippen molar-refractivity contribution in [2.24, 2.45) is 11.8 Å². The van der Waals surface area contributed by atoms with Gasteiger partial charge in [0, 0.05) is 18.9 Å². The van der Waals surface area contributed by atoms with Crippen molar-refractivity contribution in [3.63, 3.8) is 0 Å². The molecule has 0 bridgehead atoms. The van der Waals surface area contributed by atoms with Gasteiger partial charge in [-0.2, -0.15) is 0 Å². The Hall–Kier alpha value is -3.39. The predicted octanol–water partition coefficient (Wildman–Crippen LogP) is 3.07. The van der Waals surface area contributed by atoms with Crippen LogP contribution >= 0.6 is 0 Å². The van der Waals surface area contributed by atoms with Crippen molar-refractivity contribution < 1.29 is 29.1 Å². The standard InChI is InChI=1S/C24H26N2O6/c27-22(26-32-14-23(28)29)11-15-9-16(10-15)12-25-24(30)31-13-21-19-7-3-1-5-17(19)18-6-2-4-8-20(18)21/h1-8,15-16,21H,9-14H2,(H,25,30)(H,26,27)(H,28,29). The van der Waals surface area contributed by atoms with E-state index in [1.54, 1.807) is 0 Å². The molecular formula is C24H26N2O6. The zero-order valence-electron chi connectivity index (χ0n) is 17.6. The molecular weight excluding hydrogens is 412 g/mol. The molecule has 1 fully saturated rings. The van der Waals surface area contributed by atoms with Crippen LogP contribution in [0.25, 0.3) is 11.1 Å². The van der Waals surface area contributed by atoms with E-state index in [0.29, 0.717) is 12.5 Å². The zero-order valence-corrected chi connectivity index (χ0v) is 17.6. The van der Waals surface area contributed by atoms with Crippen LogP contribution in [0.5, 0.6) is 0 Å². The summed E-state index contributed by atoms with van der Waals surface area (Å²) in [7, 11) is 0. The number of nitrogens with one attached hydrogen (secondary N) is 2. The summed E-state index contributed by atoms with van der Waals surface area (Å²) in [6.07, 6.45) is 1.47. The van der Waals surface area contributed by atoms with Crippen LogP contribution in [-0.4, -0.2) is 42.8 Å². The minimum Gasteiger partial charge on any atom is -0.479 e. The van der Waals surface area contributed by atoms with Crippen molar-refractivity contribution in [1.29, 1.82) is 0 Å². The summed E-state index contributed by atoms with van der Waals surface area (Å²) in [6.45, 7) is 0.219. The van der Waals surface area contributed by atoms with Gasteiger partial charge in [0.05, 0.1) is 0 Å². The van der Waals surface area contributed by atoms with Crippen molar-refractivity contribution in [3.05, 3.63) is 59.7 Å². The molecule has 0 radical (unpaired) electrons. The molecule has 168 valence electrons. The number of hydrogen-bond acceptors (Lipinski definition) is 5. The molecule has 3 N–H and O–H groups in total. The second-order valence-electron chi connectivity index (χ2n) is 8.32. The van der Waals surface area contributed by atoms with Crippen molar-refractivity contribution in [2.45, 2.75) is 25.2 Å². The molecule has 2 amide bonds. The second-order valence-corrected chi connectivity index (χ2v) is 8.32. The average Bonchev–Trinajstić information content (AvgIpc) is 3.07. The first-order chi connectivity index (χ1) is 15.5. The number of amides is 2. The SMILES string of the molecule is O=C(O)CONC(=O)CC1CC(CNC(=O)OCC2c3ccccc3-c3ccccc32)C1. The molecule has 4 rings (SSSR count). The highest BCUT2D eigenvalue weighted by atomic mass is 16.7. The van der Waals surface area contributed by atoms with Crippen LogP contribution in [0, 0.1) is 11.8 Å². The summed E-state index contributed by atoms with van der Waals surface area (Å²) in [5.41, 5.74) is 6.86. The number of benzene rings is 2. The molecule has 0 unspecified atom stereocenters. The number of carboxylic acid groups (broad SMARTS) is 1. The van der Waals surface area contributed by atoms with E-state index in [9.17, 15) is 14.4 Å². The maximum atomic E-state index is 12.2. The third kappa shape index (κ3) is 5.08. The highest BCUT2D eigenvalue weighted by Gasteiger charge is 2.32. The van der Waals surface area contributed by atoms with E-state index in [0.717, 1.165) is 12.8 Å². The Bertz CT molecular complexity index is 956. The van der Waals surface area contributed by atoms with Gasteiger partial charge in [-0.25, -0.2) is 15.1 Å². The number of hydrogen-bond donors (Lipinski definition) is 3. The van der Waals surface area contributed by atoms with Gasteiger partial charge in [-0.05, 0) is 46.9 Å². The van der Waals surface area contributed by atoms with E-state index < -0.39 is 18.7 Å². The van der Waals surface area contributed by atoms with Gasteiger partial charge in [0.25, 0.3) is 0 Å². The number of fused-ring (bicyclic) bond motifs is 3. The number of carboxylic acids is 1. The minimum absolute atomic E-state index is 0.0306. The van der Waals surface area contributed by atoms with E-state index in [4.69, 9.17) is 9.84 Å². The van der Waals surface area contributed by atoms with Crippen molar-refractivity contribution in [1.82, 2.24) is 10.8 Å². The lowest BCUT2D eigenvalue weighted by Gasteiger charge is -2.34. The first-order valence-electron chi connectivity index (χ1n) is 10.7. The summed E-state index contributed by atoms with van der Waals surface area (Å²) >= 11 is 0. The smallest absolute Gasteiger partial charge is 0.407 e. The lowest BCUT2D eigenvalue weighted by atomic mass is 9.73. The number of aliphatic carboxylic acids is 1. The first-order valence-corrected chi connectivity index (χ1v) is 10.7. The van der Waals surface area contributed by atoms with E-state index >= 15 is 0 Å². The molecule has 8 heteroatoms. The summed E-state index contributed by atoms with van der Waals surface area (Å²) in [5.74, 6) is -0.943. The molecule has 0 spiro atoms. The van der Waals surface area contributed by atoms with Crippen LogP contribution < -0.4 is 10.8 Å². The van der Waals surface area contributed by atoms with Gasteiger partial charge in [0.1, 0.15) is 6.61 Å². The number of carbonyl (C=O) groups is 3. The quantitative estimate of drug-likeness (QED) is 0.519. The largest absolute Gasteiger partial charge is 0.479 e. The summed E-state index contributed by atoms with van der Waals surface area (Å²) in [6, 6.07) is 16.4.